The van der Waals surface area contributed by atoms with Gasteiger partial charge in [-0.15, -0.1) is 0 Å². The number of methoxy groups -OCH3 is 1. The quantitative estimate of drug-likeness (QED) is 0.857. The number of nitrogens with zero attached hydrogens (tertiary/aromatic N) is 5. The fourth-order valence-electron chi connectivity index (χ4n) is 5.73. The number of hydrogen-bond donors (Lipinski definition) is 1. The topological polar surface area (TPSA) is 79.4 Å². The molecule has 5 rings (SSSR count). The van der Waals surface area contributed by atoms with Crippen molar-refractivity contribution in [2.24, 2.45) is 11.3 Å². The molecule has 28 heavy (non-hydrogen) atoms. The monoisotopic (exact) mass is 386 g/mol. The van der Waals surface area contributed by atoms with Gasteiger partial charge in [-0.1, -0.05) is 0 Å². The molecule has 2 aromatic rings. The Labute approximate surface area is 165 Å². The van der Waals surface area contributed by atoms with Crippen molar-refractivity contribution in [3.8, 4) is 0 Å². The first-order chi connectivity index (χ1) is 13.8. The molecule has 2 saturated heterocycles. The lowest BCUT2D eigenvalue weighted by molar-refractivity contribution is -0.0539. The molecule has 8 nitrogen and oxygen atoms in total. The van der Waals surface area contributed by atoms with Crippen molar-refractivity contribution in [1.29, 1.82) is 0 Å². The summed E-state index contributed by atoms with van der Waals surface area (Å²) in [5.74, 6) is 1.68. The molecule has 1 aliphatic carbocycles. The van der Waals surface area contributed by atoms with E-state index >= 15 is 0 Å². The normalized spacial score (nSPS) is 31.8. The minimum atomic E-state index is 0.201. The van der Waals surface area contributed by atoms with E-state index in [-0.39, 0.29) is 5.41 Å². The predicted molar refractivity (Wildman–Crippen MR) is 106 cm³/mol. The largest absolute Gasteiger partial charge is 0.384 e. The predicted octanol–water partition coefficient (Wildman–Crippen LogP) is 1.70. The van der Waals surface area contributed by atoms with E-state index in [9.17, 15) is 0 Å². The Bertz CT molecular complexity index is 807. The van der Waals surface area contributed by atoms with Crippen molar-refractivity contribution >= 4 is 17.0 Å². The molecule has 0 amide bonds. The highest BCUT2D eigenvalue weighted by molar-refractivity contribution is 5.82. The van der Waals surface area contributed by atoms with Crippen molar-refractivity contribution in [3.63, 3.8) is 0 Å². The van der Waals surface area contributed by atoms with Gasteiger partial charge in [0.25, 0.3) is 0 Å². The number of imidazole rings is 1. The second-order valence-corrected chi connectivity index (χ2v) is 8.58. The number of rotatable bonds is 4. The Hall–Kier alpha value is -1.77. The molecule has 0 bridgehead atoms. The standard InChI is InChI=1S/C20H30N6O2/c1-27-12-20-4-2-16(25-6-8-28-9-7-25)10-15(20)3-5-26(11-20)19-17-18(22-13-21-17)23-14-24-19/h13-16H,2-12H2,1H3,(H,21,22,23,24)/t15-,16-,20+/m1/s1. The third-order valence-corrected chi connectivity index (χ3v) is 7.15. The van der Waals surface area contributed by atoms with Gasteiger partial charge in [-0.2, -0.15) is 0 Å². The lowest BCUT2D eigenvalue weighted by Crippen LogP contribution is -2.57. The van der Waals surface area contributed by atoms with Gasteiger partial charge < -0.3 is 19.4 Å². The van der Waals surface area contributed by atoms with Crippen LogP contribution in [-0.2, 0) is 9.47 Å². The maximum Gasteiger partial charge on any atom is 0.182 e. The molecule has 8 heteroatoms. The summed E-state index contributed by atoms with van der Waals surface area (Å²) >= 11 is 0. The average molecular weight is 387 g/mol. The molecule has 1 saturated carbocycles. The van der Waals surface area contributed by atoms with Crippen LogP contribution >= 0.6 is 0 Å². The Kier molecular flexibility index (Phi) is 4.94. The van der Waals surface area contributed by atoms with Crippen LogP contribution in [0.25, 0.3) is 11.2 Å². The fraction of sp³-hybridized carbons (Fsp3) is 0.750. The van der Waals surface area contributed by atoms with Crippen molar-refractivity contribution in [1.82, 2.24) is 24.8 Å². The van der Waals surface area contributed by atoms with E-state index in [1.54, 1.807) is 12.7 Å². The minimum absolute atomic E-state index is 0.201. The van der Waals surface area contributed by atoms with E-state index in [0.29, 0.717) is 12.0 Å². The highest BCUT2D eigenvalue weighted by Crippen LogP contribution is 2.48. The molecule has 2 aliphatic heterocycles. The number of aromatic nitrogens is 4. The van der Waals surface area contributed by atoms with E-state index in [4.69, 9.17) is 9.47 Å². The molecular weight excluding hydrogens is 356 g/mol. The van der Waals surface area contributed by atoms with Crippen LogP contribution < -0.4 is 4.90 Å². The van der Waals surface area contributed by atoms with E-state index in [2.05, 4.69) is 29.7 Å². The Morgan fingerprint density at radius 1 is 1.21 bits per heavy atom. The number of fused-ring (bicyclic) bond motifs is 2. The molecule has 1 N–H and O–H groups in total. The van der Waals surface area contributed by atoms with E-state index < -0.39 is 0 Å². The average Bonchev–Trinajstić information content (AvgIpc) is 3.23. The summed E-state index contributed by atoms with van der Waals surface area (Å²) in [5, 5.41) is 0. The lowest BCUT2D eigenvalue weighted by Gasteiger charge is -2.54. The van der Waals surface area contributed by atoms with Gasteiger partial charge in [-0.3, -0.25) is 4.90 Å². The molecule has 152 valence electrons. The van der Waals surface area contributed by atoms with Crippen LogP contribution in [0.2, 0.25) is 0 Å². The maximum absolute atomic E-state index is 5.77. The molecular formula is C20H30N6O2. The molecule has 4 heterocycles. The molecule has 3 atom stereocenters. The number of piperidine rings is 1. The van der Waals surface area contributed by atoms with Gasteiger partial charge in [-0.05, 0) is 31.6 Å². The number of H-pyrrole nitrogens is 1. The first-order valence-electron chi connectivity index (χ1n) is 10.5. The molecule has 0 unspecified atom stereocenters. The summed E-state index contributed by atoms with van der Waals surface area (Å²) in [6.07, 6.45) is 8.25. The van der Waals surface area contributed by atoms with Crippen molar-refractivity contribution in [3.05, 3.63) is 12.7 Å². The van der Waals surface area contributed by atoms with E-state index in [0.717, 1.165) is 63.0 Å². The third kappa shape index (κ3) is 3.17. The summed E-state index contributed by atoms with van der Waals surface area (Å²) in [5.41, 5.74) is 1.88. The Morgan fingerprint density at radius 2 is 2.11 bits per heavy atom. The van der Waals surface area contributed by atoms with E-state index in [1.165, 1.54) is 25.7 Å². The van der Waals surface area contributed by atoms with Crippen molar-refractivity contribution in [2.75, 3.05) is 58.0 Å². The van der Waals surface area contributed by atoms with Gasteiger partial charge in [0.15, 0.2) is 11.5 Å². The summed E-state index contributed by atoms with van der Waals surface area (Å²) in [7, 11) is 1.84. The molecule has 3 aliphatic rings. The summed E-state index contributed by atoms with van der Waals surface area (Å²) in [6.45, 7) is 6.77. The molecule has 0 aromatic carbocycles. The van der Waals surface area contributed by atoms with Gasteiger partial charge >= 0.3 is 0 Å². The zero-order valence-electron chi connectivity index (χ0n) is 16.6. The third-order valence-electron chi connectivity index (χ3n) is 7.15. The van der Waals surface area contributed by atoms with Gasteiger partial charge in [0, 0.05) is 44.7 Å². The first-order valence-corrected chi connectivity index (χ1v) is 10.5. The number of nitrogens with one attached hydrogen (secondary N) is 1. The lowest BCUT2D eigenvalue weighted by atomic mass is 9.62. The van der Waals surface area contributed by atoms with Crippen molar-refractivity contribution < 1.29 is 9.47 Å². The Morgan fingerprint density at radius 3 is 2.96 bits per heavy atom. The summed E-state index contributed by atoms with van der Waals surface area (Å²) in [6, 6.07) is 0.698. The second-order valence-electron chi connectivity index (χ2n) is 8.58. The molecule has 2 aromatic heterocycles. The van der Waals surface area contributed by atoms with Crippen LogP contribution in [0.3, 0.4) is 0 Å². The Balaban J connectivity index is 1.37. The number of aromatic amines is 1. The number of hydrogen-bond acceptors (Lipinski definition) is 7. The van der Waals surface area contributed by atoms with Gasteiger partial charge in [0.2, 0.25) is 0 Å². The highest BCUT2D eigenvalue weighted by Gasteiger charge is 2.48. The molecule has 0 radical (unpaired) electrons. The number of ether oxygens (including phenoxy) is 2. The van der Waals surface area contributed by atoms with Crippen molar-refractivity contribution in [2.45, 2.75) is 31.7 Å². The minimum Gasteiger partial charge on any atom is -0.384 e. The van der Waals surface area contributed by atoms with Gasteiger partial charge in [0.1, 0.15) is 11.8 Å². The number of anilines is 1. The molecule has 0 spiro atoms. The first kappa shape index (κ1) is 18.3. The zero-order valence-corrected chi connectivity index (χ0v) is 16.6. The summed E-state index contributed by atoms with van der Waals surface area (Å²) in [4.78, 5) is 21.5. The highest BCUT2D eigenvalue weighted by atomic mass is 16.5. The SMILES string of the molecule is COC[C@@]12CC[C@@H](N3CCOCC3)C[C@H]1CCN(c1ncnc3nc[nH]c13)C2. The zero-order chi connectivity index (χ0) is 19.0. The maximum atomic E-state index is 5.77. The smallest absolute Gasteiger partial charge is 0.182 e. The van der Waals surface area contributed by atoms with Crippen LogP contribution in [-0.4, -0.2) is 84.0 Å². The van der Waals surface area contributed by atoms with Crippen LogP contribution in [0, 0.1) is 11.3 Å². The van der Waals surface area contributed by atoms with Crippen LogP contribution in [0.5, 0.6) is 0 Å². The van der Waals surface area contributed by atoms with E-state index in [1.807, 2.05) is 7.11 Å². The van der Waals surface area contributed by atoms with Gasteiger partial charge in [-0.25, -0.2) is 15.0 Å². The van der Waals surface area contributed by atoms with Crippen LogP contribution in [0.15, 0.2) is 12.7 Å². The second kappa shape index (κ2) is 7.57. The molecule has 3 fully saturated rings. The summed E-state index contributed by atoms with van der Waals surface area (Å²) < 4.78 is 11.3. The fourth-order valence-corrected chi connectivity index (χ4v) is 5.73. The van der Waals surface area contributed by atoms with Crippen LogP contribution in [0.1, 0.15) is 25.7 Å². The van der Waals surface area contributed by atoms with Gasteiger partial charge in [0.05, 0.1) is 26.1 Å². The number of morpholine rings is 1. The van der Waals surface area contributed by atoms with Crippen LogP contribution in [0.4, 0.5) is 5.82 Å².